The zero-order chi connectivity index (χ0) is 13.8. The van der Waals surface area contributed by atoms with Crippen LogP contribution in [0.25, 0.3) is 0 Å². The number of nitro groups is 1. The first-order valence-corrected chi connectivity index (χ1v) is 6.49. The highest BCUT2D eigenvalue weighted by Crippen LogP contribution is 2.29. The van der Waals surface area contributed by atoms with Crippen molar-refractivity contribution in [1.29, 1.82) is 0 Å². The molecule has 0 spiro atoms. The van der Waals surface area contributed by atoms with Crippen molar-refractivity contribution in [2.75, 3.05) is 0 Å². The average Bonchev–Trinajstić information content (AvgIpc) is 2.41. The Balaban J connectivity index is 2.32. The van der Waals surface area contributed by atoms with Crippen molar-refractivity contribution in [3.8, 4) is 11.5 Å². The summed E-state index contributed by atoms with van der Waals surface area (Å²) >= 11 is 3.18. The monoisotopic (exact) mass is 325 g/mol. The van der Waals surface area contributed by atoms with Gasteiger partial charge in [-0.3, -0.25) is 10.1 Å². The predicted octanol–water partition coefficient (Wildman–Crippen LogP) is 4.42. The molecule has 0 saturated carbocycles. The Morgan fingerprint density at radius 3 is 2.63 bits per heavy atom. The Kier molecular flexibility index (Phi) is 4.11. The summed E-state index contributed by atoms with van der Waals surface area (Å²) in [4.78, 5) is 10.3. The lowest BCUT2D eigenvalue weighted by Crippen LogP contribution is -1.95. The van der Waals surface area contributed by atoms with Crippen LogP contribution in [0.1, 0.15) is 5.56 Å². The fraction of sp³-hybridized carbons (Fsp3) is 0.0769. The molecule has 0 aliphatic heterocycles. The van der Waals surface area contributed by atoms with Crippen LogP contribution in [0.2, 0.25) is 0 Å². The molecular formula is C13H9BrFNO3. The fourth-order valence-electron chi connectivity index (χ4n) is 1.56. The lowest BCUT2D eigenvalue weighted by Gasteiger charge is -2.07. The maximum Gasteiger partial charge on any atom is 0.273 e. The summed E-state index contributed by atoms with van der Waals surface area (Å²) in [7, 11) is 0. The van der Waals surface area contributed by atoms with E-state index in [1.807, 2.05) is 0 Å². The molecule has 98 valence electrons. The molecule has 0 aliphatic rings. The van der Waals surface area contributed by atoms with E-state index >= 15 is 0 Å². The van der Waals surface area contributed by atoms with E-state index in [4.69, 9.17) is 4.74 Å². The largest absolute Gasteiger partial charge is 0.454 e. The summed E-state index contributed by atoms with van der Waals surface area (Å²) in [6.07, 6.45) is 0. The zero-order valence-electron chi connectivity index (χ0n) is 9.68. The highest BCUT2D eigenvalue weighted by atomic mass is 79.9. The number of halogens is 2. The number of benzene rings is 2. The van der Waals surface area contributed by atoms with Crippen LogP contribution in [0, 0.1) is 15.9 Å². The van der Waals surface area contributed by atoms with Crippen LogP contribution in [0.15, 0.2) is 42.5 Å². The number of alkyl halides is 1. The molecular weight excluding hydrogens is 317 g/mol. The number of ether oxygens (including phenoxy) is 1. The standard InChI is InChI=1S/C13H9BrFNO3/c14-8-9-7-10(5-6-12(9)16(17)18)19-13-4-2-1-3-11(13)15/h1-7H,8H2. The lowest BCUT2D eigenvalue weighted by atomic mass is 10.2. The number of hydrogen-bond donors (Lipinski definition) is 0. The molecule has 2 rings (SSSR count). The van der Waals surface area contributed by atoms with Crippen LogP contribution < -0.4 is 4.74 Å². The van der Waals surface area contributed by atoms with Gasteiger partial charge >= 0.3 is 0 Å². The number of para-hydroxylation sites is 1. The van der Waals surface area contributed by atoms with Gasteiger partial charge in [0.1, 0.15) is 5.75 Å². The molecule has 0 amide bonds. The van der Waals surface area contributed by atoms with Gasteiger partial charge in [0.25, 0.3) is 5.69 Å². The summed E-state index contributed by atoms with van der Waals surface area (Å²) in [5.74, 6) is -0.0525. The molecule has 0 aliphatic carbocycles. The Labute approximate surface area is 117 Å². The lowest BCUT2D eigenvalue weighted by molar-refractivity contribution is -0.385. The minimum atomic E-state index is -0.485. The second kappa shape index (κ2) is 5.79. The van der Waals surface area contributed by atoms with Gasteiger partial charge in [-0.1, -0.05) is 28.1 Å². The van der Waals surface area contributed by atoms with Crippen molar-refractivity contribution >= 4 is 21.6 Å². The van der Waals surface area contributed by atoms with Crippen LogP contribution in [-0.2, 0) is 5.33 Å². The van der Waals surface area contributed by atoms with Crippen LogP contribution in [0.4, 0.5) is 10.1 Å². The normalized spacial score (nSPS) is 10.2. The second-order valence-electron chi connectivity index (χ2n) is 3.71. The Morgan fingerprint density at radius 1 is 1.26 bits per heavy atom. The van der Waals surface area contributed by atoms with Crippen LogP contribution in [0.3, 0.4) is 0 Å². The molecule has 0 fully saturated rings. The minimum Gasteiger partial charge on any atom is -0.454 e. The van der Waals surface area contributed by atoms with E-state index in [9.17, 15) is 14.5 Å². The molecule has 4 nitrogen and oxygen atoms in total. The fourth-order valence-corrected chi connectivity index (χ4v) is 2.01. The molecule has 0 atom stereocenters. The third kappa shape index (κ3) is 3.08. The van der Waals surface area contributed by atoms with Gasteiger partial charge in [-0.2, -0.15) is 0 Å². The smallest absolute Gasteiger partial charge is 0.273 e. The molecule has 19 heavy (non-hydrogen) atoms. The topological polar surface area (TPSA) is 52.4 Å². The molecule has 0 saturated heterocycles. The van der Waals surface area contributed by atoms with Gasteiger partial charge in [-0.25, -0.2) is 4.39 Å². The SMILES string of the molecule is O=[N+]([O-])c1ccc(Oc2ccccc2F)cc1CBr. The van der Waals surface area contributed by atoms with Gasteiger partial charge in [0.2, 0.25) is 0 Å². The number of rotatable bonds is 4. The van der Waals surface area contributed by atoms with Gasteiger partial charge < -0.3 is 4.74 Å². The third-order valence-electron chi connectivity index (χ3n) is 2.46. The Bertz CT molecular complexity index is 619. The van der Waals surface area contributed by atoms with Crippen molar-refractivity contribution in [3.05, 3.63) is 64.0 Å². The quantitative estimate of drug-likeness (QED) is 0.475. The Hall–Kier alpha value is -1.95. The first-order valence-electron chi connectivity index (χ1n) is 5.37. The van der Waals surface area contributed by atoms with E-state index in [2.05, 4.69) is 15.9 Å². The summed E-state index contributed by atoms with van der Waals surface area (Å²) in [6.45, 7) is 0. The van der Waals surface area contributed by atoms with Crippen LogP contribution >= 0.6 is 15.9 Å². The molecule has 0 aromatic heterocycles. The molecule has 0 heterocycles. The third-order valence-corrected chi connectivity index (χ3v) is 3.06. The average molecular weight is 326 g/mol. The highest BCUT2D eigenvalue weighted by Gasteiger charge is 2.14. The van der Waals surface area contributed by atoms with Crippen LogP contribution in [-0.4, -0.2) is 4.92 Å². The van der Waals surface area contributed by atoms with Gasteiger partial charge in [0, 0.05) is 17.0 Å². The highest BCUT2D eigenvalue weighted by molar-refractivity contribution is 9.08. The number of nitro benzene ring substituents is 1. The van der Waals surface area contributed by atoms with Crippen molar-refractivity contribution in [3.63, 3.8) is 0 Å². The molecule has 6 heteroatoms. The molecule has 0 bridgehead atoms. The first-order chi connectivity index (χ1) is 9.11. The van der Waals surface area contributed by atoms with Gasteiger partial charge in [-0.05, 0) is 24.3 Å². The van der Waals surface area contributed by atoms with Crippen LogP contribution in [0.5, 0.6) is 11.5 Å². The van der Waals surface area contributed by atoms with E-state index in [1.54, 1.807) is 12.1 Å². The predicted molar refractivity (Wildman–Crippen MR) is 72.2 cm³/mol. The van der Waals surface area contributed by atoms with Gasteiger partial charge in [0.15, 0.2) is 11.6 Å². The van der Waals surface area contributed by atoms with Crippen molar-refractivity contribution in [2.45, 2.75) is 5.33 Å². The molecule has 2 aromatic rings. The van der Waals surface area contributed by atoms with Crippen molar-refractivity contribution in [1.82, 2.24) is 0 Å². The van der Waals surface area contributed by atoms with Gasteiger partial charge in [0.05, 0.1) is 4.92 Å². The second-order valence-corrected chi connectivity index (χ2v) is 4.27. The van der Waals surface area contributed by atoms with E-state index in [0.717, 1.165) is 0 Å². The van der Waals surface area contributed by atoms with Gasteiger partial charge in [-0.15, -0.1) is 0 Å². The molecule has 0 unspecified atom stereocenters. The molecule has 0 N–H and O–H groups in total. The maximum atomic E-state index is 13.4. The first kappa shape index (κ1) is 13.5. The van der Waals surface area contributed by atoms with E-state index in [0.29, 0.717) is 16.6 Å². The zero-order valence-corrected chi connectivity index (χ0v) is 11.3. The van der Waals surface area contributed by atoms with E-state index < -0.39 is 10.7 Å². The molecule has 0 radical (unpaired) electrons. The summed E-state index contributed by atoms with van der Waals surface area (Å²) in [5, 5.41) is 11.1. The summed E-state index contributed by atoms with van der Waals surface area (Å²) < 4.78 is 18.8. The van der Waals surface area contributed by atoms with E-state index in [1.165, 1.54) is 30.3 Å². The Morgan fingerprint density at radius 2 is 2.00 bits per heavy atom. The summed E-state index contributed by atoms with van der Waals surface area (Å²) in [6, 6.07) is 10.3. The van der Waals surface area contributed by atoms with Crippen molar-refractivity contribution < 1.29 is 14.1 Å². The van der Waals surface area contributed by atoms with Crippen molar-refractivity contribution in [2.24, 2.45) is 0 Å². The minimum absolute atomic E-state index is 0.00208. The maximum absolute atomic E-state index is 13.4. The summed E-state index contributed by atoms with van der Waals surface area (Å²) in [5.41, 5.74) is 0.469. The number of nitrogens with zero attached hydrogens (tertiary/aromatic N) is 1. The number of hydrogen-bond acceptors (Lipinski definition) is 3. The molecule has 2 aromatic carbocycles. The van der Waals surface area contributed by atoms with E-state index in [-0.39, 0.29) is 11.4 Å².